The van der Waals surface area contributed by atoms with E-state index >= 15 is 0 Å². The number of thioether (sulfide) groups is 1. The van der Waals surface area contributed by atoms with Crippen molar-refractivity contribution in [1.29, 1.82) is 0 Å². The maximum Gasteiger partial charge on any atom is 0.239 e. The molecule has 0 saturated carbocycles. The quantitative estimate of drug-likeness (QED) is 0.171. The maximum absolute atomic E-state index is 13.5. The number of halogens is 1. The molecule has 0 unspecified atom stereocenters. The zero-order valence-electron chi connectivity index (χ0n) is 19.9. The zero-order valence-corrected chi connectivity index (χ0v) is 21.5. The van der Waals surface area contributed by atoms with Crippen LogP contribution in [0.1, 0.15) is 0 Å². The number of carbonyl (C=O) groups is 1. The highest BCUT2D eigenvalue weighted by Crippen LogP contribution is 2.47. The number of para-hydroxylation sites is 3. The third-order valence-electron chi connectivity index (χ3n) is 6.30. The van der Waals surface area contributed by atoms with Crippen LogP contribution in [0, 0.1) is 5.82 Å². The number of benzene rings is 4. The summed E-state index contributed by atoms with van der Waals surface area (Å²) < 4.78 is 13.5. The van der Waals surface area contributed by atoms with Crippen LogP contribution in [0.25, 0.3) is 22.2 Å². The van der Waals surface area contributed by atoms with Gasteiger partial charge in [0.15, 0.2) is 0 Å². The standard InChI is InChI=1S/C30H24FN3OS2/c31-21-15-13-20(14-16-21)29-30(22-7-1-2-8-23(22)33-29)36-18-17-32-28(35)19-34-24-9-3-5-11-26(24)37-27-12-6-4-10-25(27)34/h1-16,33H,17-19H2,(H,32,35). The monoisotopic (exact) mass is 525 g/mol. The first-order valence-electron chi connectivity index (χ1n) is 12.1. The van der Waals surface area contributed by atoms with Crippen LogP contribution in [-0.4, -0.2) is 29.7 Å². The number of nitrogens with one attached hydrogen (secondary N) is 2. The van der Waals surface area contributed by atoms with Gasteiger partial charge in [0.25, 0.3) is 0 Å². The molecule has 0 radical (unpaired) electrons. The third-order valence-corrected chi connectivity index (χ3v) is 8.55. The van der Waals surface area contributed by atoms with Crippen molar-refractivity contribution in [2.75, 3.05) is 23.7 Å². The van der Waals surface area contributed by atoms with E-state index in [9.17, 15) is 9.18 Å². The fourth-order valence-electron chi connectivity index (χ4n) is 4.58. The minimum Gasteiger partial charge on any atom is -0.354 e. The topological polar surface area (TPSA) is 48.1 Å². The molecular weight excluding hydrogens is 501 g/mol. The van der Waals surface area contributed by atoms with Crippen molar-refractivity contribution in [2.24, 2.45) is 0 Å². The van der Waals surface area contributed by atoms with Crippen molar-refractivity contribution >= 4 is 51.7 Å². The number of anilines is 2. The van der Waals surface area contributed by atoms with E-state index < -0.39 is 0 Å². The van der Waals surface area contributed by atoms with Crippen LogP contribution in [0.15, 0.2) is 112 Å². The predicted molar refractivity (Wildman–Crippen MR) is 151 cm³/mol. The van der Waals surface area contributed by atoms with Gasteiger partial charge in [0, 0.05) is 37.9 Å². The summed E-state index contributed by atoms with van der Waals surface area (Å²) in [4.78, 5) is 22.0. The van der Waals surface area contributed by atoms with E-state index in [0.29, 0.717) is 12.3 Å². The molecule has 0 fully saturated rings. The molecule has 1 aromatic heterocycles. The summed E-state index contributed by atoms with van der Waals surface area (Å²) >= 11 is 3.42. The number of hydrogen-bond donors (Lipinski definition) is 2. The van der Waals surface area contributed by atoms with Gasteiger partial charge in [0.2, 0.25) is 5.91 Å². The average Bonchev–Trinajstić information content (AvgIpc) is 3.30. The number of amides is 1. The van der Waals surface area contributed by atoms with Gasteiger partial charge in [0.1, 0.15) is 12.4 Å². The molecule has 0 saturated heterocycles. The molecule has 37 heavy (non-hydrogen) atoms. The van der Waals surface area contributed by atoms with Crippen LogP contribution >= 0.6 is 23.5 Å². The van der Waals surface area contributed by atoms with Crippen LogP contribution in [0.2, 0.25) is 0 Å². The van der Waals surface area contributed by atoms with Gasteiger partial charge in [-0.15, -0.1) is 11.8 Å². The SMILES string of the molecule is O=C(CN1c2ccccc2Sc2ccccc21)NCCSc1c(-c2ccc(F)cc2)[nH]c2ccccc12. The minimum absolute atomic E-state index is 0.0187. The molecule has 4 aromatic carbocycles. The van der Waals surface area contributed by atoms with Gasteiger partial charge in [-0.2, -0.15) is 0 Å². The molecule has 184 valence electrons. The number of H-pyrrole nitrogens is 1. The molecule has 4 nitrogen and oxygen atoms in total. The summed E-state index contributed by atoms with van der Waals surface area (Å²) in [5.74, 6) is 0.439. The molecule has 0 atom stereocenters. The first-order chi connectivity index (χ1) is 18.2. The normalized spacial score (nSPS) is 12.3. The fourth-order valence-corrected chi connectivity index (χ4v) is 6.73. The summed E-state index contributed by atoms with van der Waals surface area (Å²) in [6.07, 6.45) is 0. The lowest BCUT2D eigenvalue weighted by Gasteiger charge is -2.32. The Bertz CT molecular complexity index is 1540. The average molecular weight is 526 g/mol. The Morgan fingerprint density at radius 3 is 2.24 bits per heavy atom. The number of rotatable bonds is 7. The Morgan fingerprint density at radius 1 is 0.865 bits per heavy atom. The number of carbonyl (C=O) groups excluding carboxylic acids is 1. The number of aromatic nitrogens is 1. The molecule has 7 heteroatoms. The predicted octanol–water partition coefficient (Wildman–Crippen LogP) is 7.49. The number of nitrogens with zero attached hydrogens (tertiary/aromatic N) is 1. The second-order valence-electron chi connectivity index (χ2n) is 8.70. The Balaban J connectivity index is 1.14. The molecule has 0 aliphatic carbocycles. The van der Waals surface area contributed by atoms with Gasteiger partial charge in [0.05, 0.1) is 17.1 Å². The molecule has 2 heterocycles. The molecule has 0 spiro atoms. The van der Waals surface area contributed by atoms with E-state index in [1.54, 1.807) is 35.7 Å². The van der Waals surface area contributed by atoms with Crippen molar-refractivity contribution in [3.05, 3.63) is 103 Å². The first kappa shape index (κ1) is 23.7. The molecule has 0 bridgehead atoms. The largest absolute Gasteiger partial charge is 0.354 e. The highest BCUT2D eigenvalue weighted by atomic mass is 32.2. The highest BCUT2D eigenvalue weighted by Gasteiger charge is 2.24. The van der Waals surface area contributed by atoms with Gasteiger partial charge < -0.3 is 15.2 Å². The van der Waals surface area contributed by atoms with Crippen LogP contribution in [-0.2, 0) is 4.79 Å². The van der Waals surface area contributed by atoms with Crippen molar-refractivity contribution in [3.63, 3.8) is 0 Å². The summed E-state index contributed by atoms with van der Waals surface area (Å²) in [6.45, 7) is 0.797. The van der Waals surface area contributed by atoms with Crippen LogP contribution in [0.4, 0.5) is 15.8 Å². The fraction of sp³-hybridized carbons (Fsp3) is 0.100. The van der Waals surface area contributed by atoms with E-state index in [4.69, 9.17) is 0 Å². The summed E-state index contributed by atoms with van der Waals surface area (Å²) in [7, 11) is 0. The molecular formula is C30H24FN3OS2. The second-order valence-corrected chi connectivity index (χ2v) is 10.9. The highest BCUT2D eigenvalue weighted by molar-refractivity contribution is 8.00. The van der Waals surface area contributed by atoms with E-state index in [2.05, 4.69) is 45.5 Å². The summed E-state index contributed by atoms with van der Waals surface area (Å²) in [5.41, 5.74) is 5.05. The van der Waals surface area contributed by atoms with Crippen molar-refractivity contribution < 1.29 is 9.18 Å². The van der Waals surface area contributed by atoms with Crippen LogP contribution in [0.3, 0.4) is 0 Å². The molecule has 1 amide bonds. The second kappa shape index (κ2) is 10.4. The Kier molecular flexibility index (Phi) is 6.64. The minimum atomic E-state index is -0.255. The lowest BCUT2D eigenvalue weighted by Crippen LogP contribution is -2.36. The Labute approximate surface area is 223 Å². The third kappa shape index (κ3) is 4.84. The van der Waals surface area contributed by atoms with Crippen LogP contribution < -0.4 is 10.2 Å². The number of hydrogen-bond acceptors (Lipinski definition) is 4. The molecule has 1 aliphatic heterocycles. The summed E-state index contributed by atoms with van der Waals surface area (Å²) in [5, 5.41) is 4.22. The zero-order chi connectivity index (χ0) is 25.2. The lowest BCUT2D eigenvalue weighted by molar-refractivity contribution is -0.119. The molecule has 1 aliphatic rings. The maximum atomic E-state index is 13.5. The summed E-state index contributed by atoms with van der Waals surface area (Å²) in [6, 6.07) is 31.1. The molecule has 2 N–H and O–H groups in total. The van der Waals surface area contributed by atoms with Crippen molar-refractivity contribution in [3.8, 4) is 11.3 Å². The smallest absolute Gasteiger partial charge is 0.239 e. The van der Waals surface area contributed by atoms with E-state index in [1.165, 1.54) is 12.1 Å². The number of aromatic amines is 1. The lowest BCUT2D eigenvalue weighted by atomic mass is 10.1. The van der Waals surface area contributed by atoms with E-state index in [-0.39, 0.29) is 18.3 Å². The Hall–Kier alpha value is -3.68. The molecule has 5 aromatic rings. The molecule has 6 rings (SSSR count). The van der Waals surface area contributed by atoms with E-state index in [0.717, 1.165) is 48.2 Å². The number of fused-ring (bicyclic) bond motifs is 3. The van der Waals surface area contributed by atoms with Gasteiger partial charge in [-0.1, -0.05) is 54.2 Å². The first-order valence-corrected chi connectivity index (χ1v) is 13.9. The van der Waals surface area contributed by atoms with Crippen molar-refractivity contribution in [1.82, 2.24) is 10.3 Å². The van der Waals surface area contributed by atoms with Gasteiger partial charge >= 0.3 is 0 Å². The van der Waals surface area contributed by atoms with Gasteiger partial charge in [-0.05, 0) is 60.2 Å². The van der Waals surface area contributed by atoms with Crippen LogP contribution in [0.5, 0.6) is 0 Å². The van der Waals surface area contributed by atoms with Gasteiger partial charge in [-0.25, -0.2) is 4.39 Å². The van der Waals surface area contributed by atoms with Gasteiger partial charge in [-0.3, -0.25) is 4.79 Å². The van der Waals surface area contributed by atoms with Crippen molar-refractivity contribution in [2.45, 2.75) is 14.7 Å². The van der Waals surface area contributed by atoms with E-state index in [1.807, 2.05) is 42.5 Å². The Morgan fingerprint density at radius 2 is 1.51 bits per heavy atom.